The Morgan fingerprint density at radius 2 is 1.45 bits per heavy atom. The highest BCUT2D eigenvalue weighted by atomic mass is 32.2. The van der Waals surface area contributed by atoms with E-state index in [0.29, 0.717) is 29.1 Å². The van der Waals surface area contributed by atoms with Crippen LogP contribution in [0.3, 0.4) is 0 Å². The van der Waals surface area contributed by atoms with E-state index in [1.54, 1.807) is 59.1 Å². The average molecular weight is 576 g/mol. The molecule has 0 aliphatic heterocycles. The number of imidazole rings is 1. The van der Waals surface area contributed by atoms with Crippen LogP contribution in [0.25, 0.3) is 16.9 Å². The molecule has 5 rings (SSSR count). The molecule has 5 N–H and O–H groups in total. The summed E-state index contributed by atoms with van der Waals surface area (Å²) < 4.78 is 1.61. The lowest BCUT2D eigenvalue weighted by molar-refractivity contribution is 0.0502. The van der Waals surface area contributed by atoms with E-state index >= 15 is 0 Å². The van der Waals surface area contributed by atoms with Crippen LogP contribution in [0.15, 0.2) is 85.1 Å². The number of rotatable bonds is 10. The molecule has 2 heterocycles. The molecule has 3 aromatic carbocycles. The van der Waals surface area contributed by atoms with Gasteiger partial charge in [0.1, 0.15) is 17.2 Å². The van der Waals surface area contributed by atoms with Crippen molar-refractivity contribution in [1.29, 1.82) is 0 Å². The molecule has 8 nitrogen and oxygen atoms in total. The molecule has 5 aromatic rings. The van der Waals surface area contributed by atoms with Crippen LogP contribution in [-0.4, -0.2) is 63.6 Å². The summed E-state index contributed by atoms with van der Waals surface area (Å²) in [6, 6.07) is 23.1. The van der Waals surface area contributed by atoms with E-state index in [9.17, 15) is 25.5 Å². The Morgan fingerprint density at radius 3 is 2.10 bits per heavy atom. The number of fused-ring (bicyclic) bond motifs is 1. The molecule has 206 valence electrons. The molecular formula is C30H29N3O5S2. The van der Waals surface area contributed by atoms with Crippen LogP contribution in [-0.2, 0) is 6.42 Å². The molecule has 0 saturated carbocycles. The minimum Gasteiger partial charge on any atom is -0.508 e. The van der Waals surface area contributed by atoms with Gasteiger partial charge in [0.05, 0.1) is 28.8 Å². The van der Waals surface area contributed by atoms with E-state index in [-0.39, 0.29) is 28.9 Å². The Hall–Kier alpha value is -3.70. The maximum Gasteiger partial charge on any atom is 0.220 e. The minimum absolute atomic E-state index is 0.0819. The molecule has 2 aromatic heterocycles. The number of thioether (sulfide) groups is 1. The first-order chi connectivity index (χ1) is 19.3. The number of nitrogens with zero attached hydrogens (tertiary/aromatic N) is 3. The predicted octanol–water partition coefficient (Wildman–Crippen LogP) is 4.58. The van der Waals surface area contributed by atoms with Gasteiger partial charge in [-0.15, -0.1) is 11.8 Å². The summed E-state index contributed by atoms with van der Waals surface area (Å²) in [5, 5.41) is 51.1. The van der Waals surface area contributed by atoms with Crippen LogP contribution < -0.4 is 0 Å². The highest BCUT2D eigenvalue weighted by molar-refractivity contribution is 7.99. The number of aromatic nitrogens is 3. The molecule has 40 heavy (non-hydrogen) atoms. The van der Waals surface area contributed by atoms with E-state index in [1.165, 1.54) is 11.8 Å². The summed E-state index contributed by atoms with van der Waals surface area (Å²) in [6.07, 6.45) is 0.147. The number of benzene rings is 3. The van der Waals surface area contributed by atoms with E-state index in [0.717, 1.165) is 16.7 Å². The van der Waals surface area contributed by atoms with Crippen molar-refractivity contribution in [3.63, 3.8) is 0 Å². The van der Waals surface area contributed by atoms with Crippen molar-refractivity contribution in [3.05, 3.63) is 108 Å². The summed E-state index contributed by atoms with van der Waals surface area (Å²) in [4.78, 5) is 9.77. The summed E-state index contributed by atoms with van der Waals surface area (Å²) in [6.45, 7) is 0. The molecule has 3 atom stereocenters. The van der Waals surface area contributed by atoms with Gasteiger partial charge < -0.3 is 25.5 Å². The average Bonchev–Trinajstić information content (AvgIpc) is 3.30. The summed E-state index contributed by atoms with van der Waals surface area (Å²) in [5.41, 5.74) is 4.64. The van der Waals surface area contributed by atoms with Gasteiger partial charge in [0.25, 0.3) is 0 Å². The third-order valence-corrected chi connectivity index (χ3v) is 8.30. The number of thiol groups is 1. The SMILES string of the molecule is Oc1ccc(-c2cn3c(O)c(C(SCC(O)C(O)CS)c4ccc(O)cc4)nc3c(Cc3ccccc3)n2)cc1. The van der Waals surface area contributed by atoms with Crippen LogP contribution in [0.5, 0.6) is 17.4 Å². The van der Waals surface area contributed by atoms with Crippen molar-refractivity contribution in [2.75, 3.05) is 11.5 Å². The number of phenols is 2. The van der Waals surface area contributed by atoms with Crippen LogP contribution in [0, 0.1) is 0 Å². The fourth-order valence-corrected chi connectivity index (χ4v) is 5.90. The molecule has 0 radical (unpaired) electrons. The van der Waals surface area contributed by atoms with Crippen molar-refractivity contribution >= 4 is 30.0 Å². The first-order valence-corrected chi connectivity index (χ1v) is 14.3. The predicted molar refractivity (Wildman–Crippen MR) is 159 cm³/mol. The van der Waals surface area contributed by atoms with E-state index < -0.39 is 17.5 Å². The molecular weight excluding hydrogens is 546 g/mol. The van der Waals surface area contributed by atoms with Gasteiger partial charge >= 0.3 is 0 Å². The zero-order valence-electron chi connectivity index (χ0n) is 21.4. The first kappa shape index (κ1) is 27.9. The number of aromatic hydroxyl groups is 3. The van der Waals surface area contributed by atoms with Crippen LogP contribution in [0.1, 0.15) is 27.8 Å². The van der Waals surface area contributed by atoms with Gasteiger partial charge in [0.15, 0.2) is 5.65 Å². The molecule has 0 aliphatic rings. The number of phenolic OH excluding ortho intramolecular Hbond substituents is 2. The van der Waals surface area contributed by atoms with Crippen molar-refractivity contribution < 1.29 is 25.5 Å². The Morgan fingerprint density at radius 1 is 0.800 bits per heavy atom. The van der Waals surface area contributed by atoms with Gasteiger partial charge in [0.2, 0.25) is 5.88 Å². The fraction of sp³-hybridized carbons (Fsp3) is 0.200. The normalized spacial score (nSPS) is 13.8. The Balaban J connectivity index is 1.64. The molecule has 0 saturated heterocycles. The highest BCUT2D eigenvalue weighted by Gasteiger charge is 2.27. The maximum atomic E-state index is 11.5. The summed E-state index contributed by atoms with van der Waals surface area (Å²) in [7, 11) is 0. The van der Waals surface area contributed by atoms with Crippen LogP contribution in [0.2, 0.25) is 0 Å². The van der Waals surface area contributed by atoms with Crippen LogP contribution >= 0.6 is 24.4 Å². The summed E-state index contributed by atoms with van der Waals surface area (Å²) >= 11 is 5.39. The monoisotopic (exact) mass is 575 g/mol. The molecule has 0 bridgehead atoms. The second-order valence-corrected chi connectivity index (χ2v) is 10.9. The third-order valence-electron chi connectivity index (χ3n) is 6.56. The van der Waals surface area contributed by atoms with E-state index in [1.807, 2.05) is 30.3 Å². The van der Waals surface area contributed by atoms with E-state index in [2.05, 4.69) is 12.6 Å². The lowest BCUT2D eigenvalue weighted by Gasteiger charge is -2.20. The number of hydrogen-bond donors (Lipinski definition) is 6. The van der Waals surface area contributed by atoms with Crippen molar-refractivity contribution in [2.45, 2.75) is 23.9 Å². The number of aliphatic hydroxyl groups excluding tert-OH is 2. The zero-order chi connectivity index (χ0) is 28.2. The fourth-order valence-electron chi connectivity index (χ4n) is 4.38. The topological polar surface area (TPSA) is 131 Å². The largest absolute Gasteiger partial charge is 0.508 e. The second-order valence-electron chi connectivity index (χ2n) is 9.42. The number of hydrogen-bond acceptors (Lipinski definition) is 9. The molecule has 0 spiro atoms. The van der Waals surface area contributed by atoms with Crippen molar-refractivity contribution in [3.8, 4) is 28.6 Å². The number of aliphatic hydroxyl groups is 2. The zero-order valence-corrected chi connectivity index (χ0v) is 23.1. The minimum atomic E-state index is -1.03. The molecule has 0 aliphatic carbocycles. The highest BCUT2D eigenvalue weighted by Crippen LogP contribution is 2.41. The van der Waals surface area contributed by atoms with Gasteiger partial charge in [-0.05, 0) is 47.5 Å². The van der Waals surface area contributed by atoms with Gasteiger partial charge in [-0.3, -0.25) is 4.40 Å². The Kier molecular flexibility index (Phi) is 8.51. The smallest absolute Gasteiger partial charge is 0.220 e. The van der Waals surface area contributed by atoms with Crippen LogP contribution in [0.4, 0.5) is 0 Å². The first-order valence-electron chi connectivity index (χ1n) is 12.7. The lowest BCUT2D eigenvalue weighted by atomic mass is 10.1. The van der Waals surface area contributed by atoms with Gasteiger partial charge in [-0.2, -0.15) is 12.6 Å². The second kappa shape index (κ2) is 12.2. The van der Waals surface area contributed by atoms with Crippen molar-refractivity contribution in [1.82, 2.24) is 14.4 Å². The van der Waals surface area contributed by atoms with Gasteiger partial charge in [-0.25, -0.2) is 9.97 Å². The van der Waals surface area contributed by atoms with Gasteiger partial charge in [-0.1, -0.05) is 42.5 Å². The quantitative estimate of drug-likeness (QED) is 0.134. The lowest BCUT2D eigenvalue weighted by Crippen LogP contribution is -2.29. The Bertz CT molecular complexity index is 1580. The maximum absolute atomic E-state index is 11.5. The standard InChI is InChI=1S/C30H29N3O5S2/c34-21-10-6-19(7-11-21)24-15-33-29(23(31-24)14-18-4-2-1-3-5-18)32-27(30(33)38)28(20-8-12-22(35)13-9-20)40-17-26(37)25(36)16-39/h1-13,15,25-26,28,34-39H,14,16-17H2. The molecule has 3 unspecified atom stereocenters. The van der Waals surface area contributed by atoms with Gasteiger partial charge in [0, 0.05) is 29.7 Å². The molecule has 0 fully saturated rings. The van der Waals surface area contributed by atoms with E-state index in [4.69, 9.17) is 9.97 Å². The third kappa shape index (κ3) is 6.05. The Labute approximate surface area is 241 Å². The molecule has 0 amide bonds. The summed E-state index contributed by atoms with van der Waals surface area (Å²) in [5.74, 6) is 0.432. The molecule has 10 heteroatoms. The van der Waals surface area contributed by atoms with Crippen molar-refractivity contribution in [2.24, 2.45) is 0 Å².